The number of pyridine rings is 1. The summed E-state index contributed by atoms with van der Waals surface area (Å²) in [6, 6.07) is 18.5. The molecule has 0 atom stereocenters. The molecule has 4 aromatic rings. The highest BCUT2D eigenvalue weighted by molar-refractivity contribution is 7.21. The molecule has 2 heterocycles. The number of benzene rings is 2. The Morgan fingerprint density at radius 1 is 1.00 bits per heavy atom. The highest BCUT2D eigenvalue weighted by Crippen LogP contribution is 2.34. The fraction of sp³-hybridized carbons (Fsp3) is 0.130. The first-order valence-electron chi connectivity index (χ1n) is 9.48. The van der Waals surface area contributed by atoms with Crippen LogP contribution in [-0.2, 0) is 4.74 Å². The third-order valence-electron chi connectivity index (χ3n) is 4.51. The summed E-state index contributed by atoms with van der Waals surface area (Å²) in [5.74, 6) is -0.808. The van der Waals surface area contributed by atoms with Gasteiger partial charge < -0.3 is 10.1 Å². The third-order valence-corrected chi connectivity index (χ3v) is 5.58. The molecule has 6 nitrogen and oxygen atoms in total. The molecule has 0 aliphatic rings. The number of anilines is 1. The standard InChI is InChI=1S/C23H19N3O3S/c1-3-29-23(28)15-12-13-19(24-14(15)2)21(27)25-17-9-5-4-8-16(17)22-26-18-10-6-7-11-20(18)30-22/h4-13H,3H2,1-2H3,(H,25,27). The highest BCUT2D eigenvalue weighted by atomic mass is 32.1. The number of hydrogen-bond donors (Lipinski definition) is 1. The van der Waals surface area contributed by atoms with E-state index in [4.69, 9.17) is 4.74 Å². The van der Waals surface area contributed by atoms with E-state index < -0.39 is 5.97 Å². The summed E-state index contributed by atoms with van der Waals surface area (Å²) in [5, 5.41) is 3.75. The number of aromatic nitrogens is 2. The van der Waals surface area contributed by atoms with Gasteiger partial charge >= 0.3 is 5.97 Å². The lowest BCUT2D eigenvalue weighted by Crippen LogP contribution is -2.16. The second-order valence-corrected chi connectivity index (χ2v) is 7.57. The summed E-state index contributed by atoms with van der Waals surface area (Å²) in [6.07, 6.45) is 0. The van der Waals surface area contributed by atoms with E-state index in [-0.39, 0.29) is 18.2 Å². The Labute approximate surface area is 177 Å². The summed E-state index contributed by atoms with van der Waals surface area (Å²) < 4.78 is 6.09. The number of para-hydroxylation sites is 2. The second-order valence-electron chi connectivity index (χ2n) is 6.54. The molecule has 2 aromatic carbocycles. The number of nitrogens with zero attached hydrogens (tertiary/aromatic N) is 2. The molecule has 4 rings (SSSR count). The third kappa shape index (κ3) is 3.92. The summed E-state index contributed by atoms with van der Waals surface area (Å²) in [4.78, 5) is 33.7. The molecule has 7 heteroatoms. The lowest BCUT2D eigenvalue weighted by atomic mass is 10.1. The van der Waals surface area contributed by atoms with Crippen molar-refractivity contribution in [2.75, 3.05) is 11.9 Å². The fourth-order valence-electron chi connectivity index (χ4n) is 3.06. The average molecular weight is 417 g/mol. The number of carbonyl (C=O) groups excluding carboxylic acids is 2. The van der Waals surface area contributed by atoms with E-state index in [9.17, 15) is 9.59 Å². The smallest absolute Gasteiger partial charge is 0.339 e. The van der Waals surface area contributed by atoms with Crippen LogP contribution in [0, 0.1) is 6.92 Å². The van der Waals surface area contributed by atoms with Gasteiger partial charge in [-0.3, -0.25) is 4.79 Å². The molecule has 0 radical (unpaired) electrons. The van der Waals surface area contributed by atoms with Crippen LogP contribution < -0.4 is 5.32 Å². The number of nitrogens with one attached hydrogen (secondary N) is 1. The molecule has 0 spiro atoms. The van der Waals surface area contributed by atoms with E-state index in [0.29, 0.717) is 16.9 Å². The van der Waals surface area contributed by atoms with Crippen molar-refractivity contribution >= 4 is 39.1 Å². The van der Waals surface area contributed by atoms with Gasteiger partial charge in [0.25, 0.3) is 5.91 Å². The van der Waals surface area contributed by atoms with Gasteiger partial charge in [-0.2, -0.15) is 0 Å². The zero-order chi connectivity index (χ0) is 21.1. The number of ether oxygens (including phenoxy) is 1. The molecule has 0 saturated carbocycles. The van der Waals surface area contributed by atoms with E-state index >= 15 is 0 Å². The lowest BCUT2D eigenvalue weighted by Gasteiger charge is -2.10. The van der Waals surface area contributed by atoms with Crippen molar-refractivity contribution in [1.82, 2.24) is 9.97 Å². The van der Waals surface area contributed by atoms with Crippen molar-refractivity contribution in [3.63, 3.8) is 0 Å². The minimum atomic E-state index is -0.448. The molecule has 0 fully saturated rings. The maximum absolute atomic E-state index is 12.8. The number of amides is 1. The predicted octanol–water partition coefficient (Wildman–Crippen LogP) is 5.10. The van der Waals surface area contributed by atoms with E-state index in [1.807, 2.05) is 48.5 Å². The zero-order valence-electron chi connectivity index (χ0n) is 16.5. The Hall–Kier alpha value is -3.58. The maximum Gasteiger partial charge on any atom is 0.339 e. The van der Waals surface area contributed by atoms with Crippen molar-refractivity contribution in [2.24, 2.45) is 0 Å². The summed E-state index contributed by atoms with van der Waals surface area (Å²) >= 11 is 1.57. The minimum Gasteiger partial charge on any atom is -0.462 e. The van der Waals surface area contributed by atoms with Crippen molar-refractivity contribution in [3.8, 4) is 10.6 Å². The Kier molecular flexibility index (Phi) is 5.54. The number of esters is 1. The van der Waals surface area contributed by atoms with Crippen LogP contribution >= 0.6 is 11.3 Å². The first kappa shape index (κ1) is 19.7. The molecule has 2 aromatic heterocycles. The van der Waals surface area contributed by atoms with Crippen LogP contribution in [0.4, 0.5) is 5.69 Å². The Morgan fingerprint density at radius 2 is 1.77 bits per heavy atom. The summed E-state index contributed by atoms with van der Waals surface area (Å²) in [7, 11) is 0. The number of thiazole rings is 1. The van der Waals surface area contributed by atoms with Gasteiger partial charge in [-0.05, 0) is 50.2 Å². The molecular formula is C23H19N3O3S. The van der Waals surface area contributed by atoms with Crippen molar-refractivity contribution in [2.45, 2.75) is 13.8 Å². The molecule has 1 N–H and O–H groups in total. The van der Waals surface area contributed by atoms with Gasteiger partial charge in [0.2, 0.25) is 0 Å². The number of hydrogen-bond acceptors (Lipinski definition) is 6. The second kappa shape index (κ2) is 8.42. The fourth-order valence-corrected chi connectivity index (χ4v) is 4.07. The number of carbonyl (C=O) groups is 2. The van der Waals surface area contributed by atoms with Crippen LogP contribution in [0.15, 0.2) is 60.7 Å². The van der Waals surface area contributed by atoms with Gasteiger partial charge in [-0.1, -0.05) is 24.3 Å². The van der Waals surface area contributed by atoms with Gasteiger partial charge in [0, 0.05) is 5.56 Å². The summed E-state index contributed by atoms with van der Waals surface area (Å²) in [6.45, 7) is 3.70. The van der Waals surface area contributed by atoms with Crippen molar-refractivity contribution in [3.05, 3.63) is 77.6 Å². The Balaban J connectivity index is 1.61. The number of aryl methyl sites for hydroxylation is 1. The molecule has 30 heavy (non-hydrogen) atoms. The normalized spacial score (nSPS) is 10.7. The Morgan fingerprint density at radius 3 is 2.53 bits per heavy atom. The molecular weight excluding hydrogens is 398 g/mol. The average Bonchev–Trinajstić information content (AvgIpc) is 3.18. The quantitative estimate of drug-likeness (QED) is 0.457. The van der Waals surface area contributed by atoms with Crippen molar-refractivity contribution < 1.29 is 14.3 Å². The minimum absolute atomic E-state index is 0.222. The van der Waals surface area contributed by atoms with E-state index in [0.717, 1.165) is 20.8 Å². The summed E-state index contributed by atoms with van der Waals surface area (Å²) in [5.41, 5.74) is 3.43. The van der Waals surface area contributed by atoms with Crippen LogP contribution in [0.3, 0.4) is 0 Å². The molecule has 150 valence electrons. The zero-order valence-corrected chi connectivity index (χ0v) is 17.3. The van der Waals surface area contributed by atoms with Gasteiger partial charge in [0.1, 0.15) is 10.7 Å². The van der Waals surface area contributed by atoms with Gasteiger partial charge in [0.05, 0.1) is 33.8 Å². The van der Waals surface area contributed by atoms with Crippen LogP contribution in [0.25, 0.3) is 20.8 Å². The largest absolute Gasteiger partial charge is 0.462 e. The molecule has 0 unspecified atom stereocenters. The molecule has 1 amide bonds. The lowest BCUT2D eigenvalue weighted by molar-refractivity contribution is 0.0524. The number of fused-ring (bicyclic) bond motifs is 1. The van der Waals surface area contributed by atoms with Gasteiger partial charge in [-0.25, -0.2) is 14.8 Å². The SMILES string of the molecule is CCOC(=O)c1ccc(C(=O)Nc2ccccc2-c2nc3ccccc3s2)nc1C. The van der Waals surface area contributed by atoms with Gasteiger partial charge in [0.15, 0.2) is 0 Å². The first-order chi connectivity index (χ1) is 14.6. The van der Waals surface area contributed by atoms with E-state index in [2.05, 4.69) is 15.3 Å². The molecule has 0 aliphatic heterocycles. The number of rotatable bonds is 5. The van der Waals surface area contributed by atoms with Crippen molar-refractivity contribution in [1.29, 1.82) is 0 Å². The van der Waals surface area contributed by atoms with Crippen LogP contribution in [0.2, 0.25) is 0 Å². The predicted molar refractivity (Wildman–Crippen MR) is 118 cm³/mol. The first-order valence-corrected chi connectivity index (χ1v) is 10.3. The van der Waals surface area contributed by atoms with E-state index in [1.54, 1.807) is 31.3 Å². The maximum atomic E-state index is 12.8. The van der Waals surface area contributed by atoms with Gasteiger partial charge in [-0.15, -0.1) is 11.3 Å². The van der Waals surface area contributed by atoms with E-state index in [1.165, 1.54) is 6.07 Å². The van der Waals surface area contributed by atoms with Crippen LogP contribution in [0.5, 0.6) is 0 Å². The molecule has 0 saturated heterocycles. The molecule has 0 bridgehead atoms. The molecule has 0 aliphatic carbocycles. The topological polar surface area (TPSA) is 81.2 Å². The Bertz CT molecular complexity index is 1220. The van der Waals surface area contributed by atoms with Crippen LogP contribution in [0.1, 0.15) is 33.5 Å². The monoisotopic (exact) mass is 417 g/mol. The highest BCUT2D eigenvalue weighted by Gasteiger charge is 2.17. The van der Waals surface area contributed by atoms with Crippen LogP contribution in [-0.4, -0.2) is 28.5 Å².